The predicted molar refractivity (Wildman–Crippen MR) is 58.2 cm³/mol. The number of carbonyl (C=O) groups excluding carboxylic acids is 1. The lowest BCUT2D eigenvalue weighted by atomic mass is 10.1. The zero-order valence-electron chi connectivity index (χ0n) is 8.49. The molecule has 1 amide bonds. The molecule has 2 aromatic rings. The number of nitrogens with zero attached hydrogens (tertiary/aromatic N) is 3. The molecule has 0 radical (unpaired) electrons. The summed E-state index contributed by atoms with van der Waals surface area (Å²) in [4.78, 5) is 14.7. The number of nitrogens with two attached hydrogens (primary N) is 1. The average Bonchev–Trinajstić information content (AvgIpc) is 2.69. The highest BCUT2D eigenvalue weighted by Crippen LogP contribution is 2.21. The molecule has 2 unspecified atom stereocenters. The molecular weight excluding hydrogens is 248 g/mol. The fourth-order valence-electron chi connectivity index (χ4n) is 1.40. The van der Waals surface area contributed by atoms with Gasteiger partial charge in [-0.15, -0.1) is 0 Å². The second kappa shape index (κ2) is 4.28. The van der Waals surface area contributed by atoms with Crippen molar-refractivity contribution in [1.82, 2.24) is 14.6 Å². The minimum Gasteiger partial charge on any atom is -0.385 e. The molecule has 0 fully saturated rings. The van der Waals surface area contributed by atoms with Crippen molar-refractivity contribution < 1.29 is 15.0 Å². The first kappa shape index (κ1) is 11.8. The molecule has 0 aliphatic carbocycles. The molecule has 2 rings (SSSR count). The number of halogens is 1. The molecule has 2 heterocycles. The molecule has 0 spiro atoms. The van der Waals surface area contributed by atoms with Crippen LogP contribution in [0.2, 0.25) is 5.15 Å². The fourth-order valence-corrected chi connectivity index (χ4v) is 1.54. The maximum atomic E-state index is 10.8. The van der Waals surface area contributed by atoms with Gasteiger partial charge in [0.25, 0.3) is 0 Å². The van der Waals surface area contributed by atoms with Gasteiger partial charge in [-0.3, -0.25) is 4.79 Å². The summed E-state index contributed by atoms with van der Waals surface area (Å²) in [6, 6.07) is 1.52. The van der Waals surface area contributed by atoms with Crippen molar-refractivity contribution in [2.45, 2.75) is 12.2 Å². The molecule has 4 N–H and O–H groups in total. The largest absolute Gasteiger partial charge is 0.385 e. The Balaban J connectivity index is 2.48. The third-order valence-corrected chi connectivity index (χ3v) is 2.48. The van der Waals surface area contributed by atoms with Gasteiger partial charge in [-0.1, -0.05) is 11.6 Å². The van der Waals surface area contributed by atoms with Crippen molar-refractivity contribution in [3.63, 3.8) is 0 Å². The summed E-state index contributed by atoms with van der Waals surface area (Å²) < 4.78 is 1.36. The number of hydrogen-bond donors (Lipinski definition) is 3. The number of hydrogen-bond acceptors (Lipinski definition) is 5. The van der Waals surface area contributed by atoms with Crippen LogP contribution >= 0.6 is 11.6 Å². The van der Waals surface area contributed by atoms with E-state index in [4.69, 9.17) is 17.3 Å². The lowest BCUT2D eigenvalue weighted by Crippen LogP contribution is -2.33. The van der Waals surface area contributed by atoms with Crippen molar-refractivity contribution in [3.8, 4) is 0 Å². The van der Waals surface area contributed by atoms with E-state index in [1.165, 1.54) is 23.0 Å². The predicted octanol–water partition coefficient (Wildman–Crippen LogP) is -0.738. The van der Waals surface area contributed by atoms with E-state index in [9.17, 15) is 15.0 Å². The van der Waals surface area contributed by atoms with Gasteiger partial charge < -0.3 is 15.9 Å². The molecule has 7 nitrogen and oxygen atoms in total. The molecule has 2 atom stereocenters. The number of aromatic nitrogens is 3. The Kier molecular flexibility index (Phi) is 2.97. The first-order chi connectivity index (χ1) is 8.00. The molecule has 8 heteroatoms. The number of fused-ring (bicyclic) bond motifs is 1. The molecule has 90 valence electrons. The van der Waals surface area contributed by atoms with Gasteiger partial charge in [0.1, 0.15) is 11.3 Å². The maximum Gasteiger partial charge on any atom is 0.249 e. The van der Waals surface area contributed by atoms with Gasteiger partial charge in [0, 0.05) is 11.8 Å². The number of carbonyl (C=O) groups is 1. The SMILES string of the molecule is NC(=O)C(O)C(O)c1cnn2ccc(Cl)nc12. The monoisotopic (exact) mass is 256 g/mol. The average molecular weight is 257 g/mol. The van der Waals surface area contributed by atoms with E-state index in [0.29, 0.717) is 0 Å². The van der Waals surface area contributed by atoms with Crippen molar-refractivity contribution in [2.24, 2.45) is 5.73 Å². The second-order valence-electron chi connectivity index (χ2n) is 3.41. The first-order valence-electron chi connectivity index (χ1n) is 4.66. The zero-order valence-corrected chi connectivity index (χ0v) is 9.24. The van der Waals surface area contributed by atoms with Crippen LogP contribution in [0.5, 0.6) is 0 Å². The van der Waals surface area contributed by atoms with Crippen LogP contribution in [-0.4, -0.2) is 36.8 Å². The van der Waals surface area contributed by atoms with E-state index in [1.54, 1.807) is 0 Å². The van der Waals surface area contributed by atoms with E-state index in [0.717, 1.165) is 0 Å². The van der Waals surface area contributed by atoms with E-state index in [2.05, 4.69) is 10.1 Å². The Morgan fingerprint density at radius 1 is 1.53 bits per heavy atom. The Morgan fingerprint density at radius 3 is 2.88 bits per heavy atom. The number of aliphatic hydroxyl groups is 2. The van der Waals surface area contributed by atoms with E-state index >= 15 is 0 Å². The highest BCUT2D eigenvalue weighted by atomic mass is 35.5. The van der Waals surface area contributed by atoms with Gasteiger partial charge in [0.15, 0.2) is 11.8 Å². The van der Waals surface area contributed by atoms with Crippen LogP contribution in [0.15, 0.2) is 18.5 Å². The quantitative estimate of drug-likeness (QED) is 0.626. The molecule has 0 aromatic carbocycles. The zero-order chi connectivity index (χ0) is 12.6. The summed E-state index contributed by atoms with van der Waals surface area (Å²) in [5.41, 5.74) is 5.33. The van der Waals surface area contributed by atoms with Gasteiger partial charge >= 0.3 is 0 Å². The lowest BCUT2D eigenvalue weighted by molar-refractivity contribution is -0.131. The summed E-state index contributed by atoms with van der Waals surface area (Å²) in [5, 5.41) is 23.2. The maximum absolute atomic E-state index is 10.8. The summed E-state index contributed by atoms with van der Waals surface area (Å²) in [6.45, 7) is 0. The number of amides is 1. The summed E-state index contributed by atoms with van der Waals surface area (Å²) >= 11 is 5.71. The van der Waals surface area contributed by atoms with Gasteiger partial charge in [0.2, 0.25) is 5.91 Å². The highest BCUT2D eigenvalue weighted by Gasteiger charge is 2.26. The van der Waals surface area contributed by atoms with Crippen LogP contribution < -0.4 is 5.73 Å². The Hall–Kier alpha value is -1.70. The molecular formula is C9H9ClN4O3. The number of primary amides is 1. The number of rotatable bonds is 3. The minimum atomic E-state index is -1.72. The molecule has 0 bridgehead atoms. The summed E-state index contributed by atoms with van der Waals surface area (Å²) in [5.74, 6) is -1.03. The van der Waals surface area contributed by atoms with Crippen LogP contribution in [-0.2, 0) is 4.79 Å². The molecule has 17 heavy (non-hydrogen) atoms. The van der Waals surface area contributed by atoms with Gasteiger partial charge in [-0.2, -0.15) is 5.10 Å². The van der Waals surface area contributed by atoms with E-state index in [-0.39, 0.29) is 16.4 Å². The smallest absolute Gasteiger partial charge is 0.249 e. The Bertz CT molecular complexity index is 570. The van der Waals surface area contributed by atoms with Crippen LogP contribution in [0.3, 0.4) is 0 Å². The Morgan fingerprint density at radius 2 is 2.24 bits per heavy atom. The third-order valence-electron chi connectivity index (χ3n) is 2.27. The van der Waals surface area contributed by atoms with Crippen molar-refractivity contribution in [2.75, 3.05) is 0 Å². The van der Waals surface area contributed by atoms with Gasteiger partial charge in [-0.25, -0.2) is 9.50 Å². The van der Waals surface area contributed by atoms with Gasteiger partial charge in [0.05, 0.1) is 6.20 Å². The lowest BCUT2D eigenvalue weighted by Gasteiger charge is -2.12. The Labute approximate surface area is 100 Å². The summed E-state index contributed by atoms with van der Waals surface area (Å²) in [6.07, 6.45) is -0.382. The number of aliphatic hydroxyl groups excluding tert-OH is 2. The summed E-state index contributed by atoms with van der Waals surface area (Å²) in [7, 11) is 0. The van der Waals surface area contributed by atoms with Crippen molar-refractivity contribution in [1.29, 1.82) is 0 Å². The molecule has 0 aliphatic heterocycles. The molecule has 0 saturated heterocycles. The molecule has 0 saturated carbocycles. The van der Waals surface area contributed by atoms with Crippen LogP contribution in [0.4, 0.5) is 0 Å². The standard InChI is InChI=1S/C9H9ClN4O3/c10-5-1-2-14-9(13-5)4(3-12-14)6(15)7(16)8(11)17/h1-3,6-7,15-16H,(H2,11,17). The molecule has 0 aliphatic rings. The normalized spacial score (nSPS) is 14.8. The fraction of sp³-hybridized carbons (Fsp3) is 0.222. The van der Waals surface area contributed by atoms with Crippen molar-refractivity contribution in [3.05, 3.63) is 29.2 Å². The van der Waals surface area contributed by atoms with Crippen LogP contribution in [0, 0.1) is 0 Å². The van der Waals surface area contributed by atoms with Gasteiger partial charge in [-0.05, 0) is 6.07 Å². The van der Waals surface area contributed by atoms with Crippen LogP contribution in [0.1, 0.15) is 11.7 Å². The highest BCUT2D eigenvalue weighted by molar-refractivity contribution is 6.29. The first-order valence-corrected chi connectivity index (χ1v) is 5.03. The molecule has 2 aromatic heterocycles. The minimum absolute atomic E-state index is 0.179. The van der Waals surface area contributed by atoms with E-state index < -0.39 is 18.1 Å². The second-order valence-corrected chi connectivity index (χ2v) is 3.80. The van der Waals surface area contributed by atoms with Crippen LogP contribution in [0.25, 0.3) is 5.65 Å². The third kappa shape index (κ3) is 2.07. The topological polar surface area (TPSA) is 114 Å². The van der Waals surface area contributed by atoms with E-state index in [1.807, 2.05) is 0 Å². The van der Waals surface area contributed by atoms with Crippen molar-refractivity contribution >= 4 is 23.2 Å².